The summed E-state index contributed by atoms with van der Waals surface area (Å²) in [7, 11) is 1.96. The molecule has 1 amide bonds. The first-order valence-corrected chi connectivity index (χ1v) is 9.49. The van der Waals surface area contributed by atoms with Crippen molar-refractivity contribution in [2.45, 2.75) is 51.7 Å². The van der Waals surface area contributed by atoms with E-state index >= 15 is 0 Å². The summed E-state index contributed by atoms with van der Waals surface area (Å²) in [5.41, 5.74) is -0.863. The number of amides is 1. The van der Waals surface area contributed by atoms with E-state index in [1.165, 1.54) is 0 Å². The molecule has 0 spiro atoms. The lowest BCUT2D eigenvalue weighted by Crippen LogP contribution is -2.52. The van der Waals surface area contributed by atoms with Crippen molar-refractivity contribution in [2.24, 2.45) is 5.92 Å². The highest BCUT2D eigenvalue weighted by molar-refractivity contribution is 5.96. The molecule has 0 atom stereocenters. The highest BCUT2D eigenvalue weighted by atomic mass is 16.5. The third-order valence-electron chi connectivity index (χ3n) is 5.30. The molecule has 27 heavy (non-hydrogen) atoms. The first-order chi connectivity index (χ1) is 12.7. The standard InChI is InChI=1S/C19H33N3O5/c1-18(2,22(5)13-14-6-9-25-10-7-14)17(24)20-16-12-15(21-27-16)19(3,4)26-11-8-23/h12,14,23H,6-11,13H2,1-5H3,(H,20,24). The summed E-state index contributed by atoms with van der Waals surface area (Å²) in [6.07, 6.45) is 2.05. The number of hydrogen-bond donors (Lipinski definition) is 2. The van der Waals surface area contributed by atoms with Crippen molar-refractivity contribution in [3.8, 4) is 0 Å². The zero-order valence-corrected chi connectivity index (χ0v) is 17.1. The van der Waals surface area contributed by atoms with Crippen LogP contribution in [0.25, 0.3) is 0 Å². The Balaban J connectivity index is 1.96. The average Bonchev–Trinajstić information content (AvgIpc) is 3.10. The molecule has 1 fully saturated rings. The number of nitrogens with zero attached hydrogens (tertiary/aromatic N) is 2. The molecule has 1 aliphatic heterocycles. The van der Waals surface area contributed by atoms with Crippen molar-refractivity contribution in [3.05, 3.63) is 11.8 Å². The summed E-state index contributed by atoms with van der Waals surface area (Å²) in [6.45, 7) is 10.0. The molecule has 0 aromatic carbocycles. The first-order valence-electron chi connectivity index (χ1n) is 9.49. The highest BCUT2D eigenvalue weighted by Gasteiger charge is 2.35. The molecule has 2 heterocycles. The van der Waals surface area contributed by atoms with Gasteiger partial charge >= 0.3 is 0 Å². The molecule has 1 saturated heterocycles. The molecule has 0 aliphatic carbocycles. The molecule has 1 aromatic heterocycles. The molecule has 2 N–H and O–H groups in total. The number of rotatable bonds is 9. The van der Waals surface area contributed by atoms with Crippen molar-refractivity contribution >= 4 is 11.8 Å². The van der Waals surface area contributed by atoms with Gasteiger partial charge in [-0.15, -0.1) is 0 Å². The molecule has 0 bridgehead atoms. The minimum atomic E-state index is -0.718. The van der Waals surface area contributed by atoms with Gasteiger partial charge in [0.1, 0.15) is 11.3 Å². The maximum Gasteiger partial charge on any atom is 0.246 e. The molecule has 2 rings (SSSR count). The van der Waals surface area contributed by atoms with Crippen molar-refractivity contribution in [1.29, 1.82) is 0 Å². The van der Waals surface area contributed by atoms with Gasteiger partial charge in [0.15, 0.2) is 0 Å². The Kier molecular flexibility index (Phi) is 7.39. The van der Waals surface area contributed by atoms with E-state index in [1.54, 1.807) is 6.07 Å². The van der Waals surface area contributed by atoms with E-state index in [2.05, 4.69) is 15.4 Å². The van der Waals surface area contributed by atoms with Gasteiger partial charge in [-0.3, -0.25) is 15.0 Å². The zero-order chi connectivity index (χ0) is 20.1. The summed E-state index contributed by atoms with van der Waals surface area (Å²) >= 11 is 0. The summed E-state index contributed by atoms with van der Waals surface area (Å²) in [5, 5.41) is 15.7. The monoisotopic (exact) mass is 383 g/mol. The molecular weight excluding hydrogens is 350 g/mol. The van der Waals surface area contributed by atoms with E-state index in [9.17, 15) is 4.79 Å². The maximum absolute atomic E-state index is 12.8. The van der Waals surface area contributed by atoms with Gasteiger partial charge < -0.3 is 19.1 Å². The minimum absolute atomic E-state index is 0.0709. The summed E-state index contributed by atoms with van der Waals surface area (Å²) in [4.78, 5) is 14.9. The van der Waals surface area contributed by atoms with E-state index in [0.29, 0.717) is 11.6 Å². The molecule has 8 nitrogen and oxygen atoms in total. The third kappa shape index (κ3) is 5.75. The molecule has 1 aliphatic rings. The van der Waals surface area contributed by atoms with Crippen LogP contribution in [0.4, 0.5) is 5.88 Å². The van der Waals surface area contributed by atoms with E-state index in [4.69, 9.17) is 19.1 Å². The second-order valence-electron chi connectivity index (χ2n) is 8.11. The van der Waals surface area contributed by atoms with E-state index < -0.39 is 11.1 Å². The van der Waals surface area contributed by atoms with Crippen LogP contribution in [0.2, 0.25) is 0 Å². The summed E-state index contributed by atoms with van der Waals surface area (Å²) in [5.74, 6) is 0.661. The molecule has 0 radical (unpaired) electrons. The van der Waals surface area contributed by atoms with Gasteiger partial charge in [0, 0.05) is 25.8 Å². The second kappa shape index (κ2) is 9.14. The zero-order valence-electron chi connectivity index (χ0n) is 17.1. The van der Waals surface area contributed by atoms with Crippen LogP contribution in [-0.4, -0.2) is 66.6 Å². The Bertz CT molecular complexity index is 608. The maximum atomic E-state index is 12.8. The number of hydrogen-bond acceptors (Lipinski definition) is 7. The van der Waals surface area contributed by atoms with Crippen LogP contribution >= 0.6 is 0 Å². The molecule has 154 valence electrons. The quantitative estimate of drug-likeness (QED) is 0.673. The number of anilines is 1. The number of carbonyl (C=O) groups is 1. The average molecular weight is 383 g/mol. The summed E-state index contributed by atoms with van der Waals surface area (Å²) < 4.78 is 16.2. The second-order valence-corrected chi connectivity index (χ2v) is 8.11. The predicted molar refractivity (Wildman–Crippen MR) is 101 cm³/mol. The highest BCUT2D eigenvalue weighted by Crippen LogP contribution is 2.27. The lowest BCUT2D eigenvalue weighted by Gasteiger charge is -2.37. The molecule has 8 heteroatoms. The van der Waals surface area contributed by atoms with Gasteiger partial charge in [-0.1, -0.05) is 5.16 Å². The molecule has 1 aromatic rings. The van der Waals surface area contributed by atoms with Gasteiger partial charge in [0.2, 0.25) is 11.8 Å². The normalized spacial score (nSPS) is 16.7. The summed E-state index contributed by atoms with van der Waals surface area (Å²) in [6, 6.07) is 1.66. The van der Waals surface area contributed by atoms with Crippen LogP contribution in [0.15, 0.2) is 10.6 Å². The Hall–Kier alpha value is -1.48. The number of aromatic nitrogens is 1. The van der Waals surface area contributed by atoms with Crippen LogP contribution < -0.4 is 5.32 Å². The third-order valence-corrected chi connectivity index (χ3v) is 5.30. The number of likely N-dealkylation sites (N-methyl/N-ethyl adjacent to an activating group) is 1. The Morgan fingerprint density at radius 1 is 1.37 bits per heavy atom. The molecule has 0 unspecified atom stereocenters. The van der Waals surface area contributed by atoms with Crippen molar-refractivity contribution in [3.63, 3.8) is 0 Å². The van der Waals surface area contributed by atoms with Gasteiger partial charge in [0.05, 0.1) is 18.8 Å². The van der Waals surface area contributed by atoms with Gasteiger partial charge in [0.25, 0.3) is 0 Å². The number of carbonyl (C=O) groups excluding carboxylic acids is 1. The van der Waals surface area contributed by atoms with Crippen molar-refractivity contribution in [1.82, 2.24) is 10.1 Å². The van der Waals surface area contributed by atoms with Gasteiger partial charge in [-0.25, -0.2) is 0 Å². The van der Waals surface area contributed by atoms with E-state index in [1.807, 2.05) is 34.7 Å². The topological polar surface area (TPSA) is 97.1 Å². The Morgan fingerprint density at radius 3 is 2.67 bits per heavy atom. The van der Waals surface area contributed by atoms with Crippen LogP contribution in [0, 0.1) is 5.92 Å². The smallest absolute Gasteiger partial charge is 0.246 e. The SMILES string of the molecule is CN(CC1CCOCC1)C(C)(C)C(=O)Nc1cc(C(C)(C)OCCO)no1. The van der Waals surface area contributed by atoms with Crippen LogP contribution in [0.3, 0.4) is 0 Å². The fraction of sp³-hybridized carbons (Fsp3) is 0.789. The van der Waals surface area contributed by atoms with Gasteiger partial charge in [-0.2, -0.15) is 0 Å². The minimum Gasteiger partial charge on any atom is -0.394 e. The molecule has 0 saturated carbocycles. The van der Waals surface area contributed by atoms with Crippen molar-refractivity contribution in [2.75, 3.05) is 45.3 Å². The van der Waals surface area contributed by atoms with Gasteiger partial charge in [-0.05, 0) is 53.5 Å². The lowest BCUT2D eigenvalue weighted by atomic mass is 9.95. The predicted octanol–water partition coefficient (Wildman–Crippen LogP) is 1.99. The fourth-order valence-electron chi connectivity index (χ4n) is 2.98. The Labute approximate surface area is 161 Å². The first kappa shape index (κ1) is 21.8. The van der Waals surface area contributed by atoms with Crippen LogP contribution in [0.5, 0.6) is 0 Å². The Morgan fingerprint density at radius 2 is 2.04 bits per heavy atom. The van der Waals surface area contributed by atoms with Crippen molar-refractivity contribution < 1.29 is 23.9 Å². The van der Waals surface area contributed by atoms with Crippen LogP contribution in [-0.2, 0) is 19.9 Å². The number of nitrogens with one attached hydrogen (secondary N) is 1. The number of aliphatic hydroxyl groups excluding tert-OH is 1. The molecular formula is C19H33N3O5. The van der Waals surface area contributed by atoms with Crippen LogP contribution in [0.1, 0.15) is 46.2 Å². The van der Waals surface area contributed by atoms with E-state index in [0.717, 1.165) is 32.6 Å². The fourth-order valence-corrected chi connectivity index (χ4v) is 2.98. The number of aliphatic hydroxyl groups is 1. The van der Waals surface area contributed by atoms with E-state index in [-0.39, 0.29) is 25.0 Å². The lowest BCUT2D eigenvalue weighted by molar-refractivity contribution is -0.126. The largest absolute Gasteiger partial charge is 0.394 e. The number of ether oxygens (including phenoxy) is 2.